The molecule has 0 aliphatic heterocycles. The van der Waals surface area contributed by atoms with Gasteiger partial charge in [0.05, 0.1) is 0 Å². The molecule has 100 valence electrons. The van der Waals surface area contributed by atoms with E-state index in [2.05, 4.69) is 27.4 Å². The van der Waals surface area contributed by atoms with Gasteiger partial charge < -0.3 is 10.5 Å². The molecule has 0 radical (unpaired) electrons. The zero-order valence-electron chi connectivity index (χ0n) is 12.0. The van der Waals surface area contributed by atoms with Gasteiger partial charge >= 0.3 is 0 Å². The summed E-state index contributed by atoms with van der Waals surface area (Å²) < 4.78 is 0. The molecule has 0 saturated heterocycles. The topological polar surface area (TPSA) is 43.1 Å². The van der Waals surface area contributed by atoms with Gasteiger partial charge in [-0.15, -0.1) is 0 Å². The van der Waals surface area contributed by atoms with Gasteiger partial charge in [-0.05, 0) is 44.4 Å². The molecular formula is C15H29NO. The van der Waals surface area contributed by atoms with E-state index in [0.29, 0.717) is 6.42 Å². The van der Waals surface area contributed by atoms with Gasteiger partial charge in [-0.1, -0.05) is 32.9 Å². The van der Waals surface area contributed by atoms with Crippen molar-refractivity contribution in [2.45, 2.75) is 72.3 Å². The summed E-state index contributed by atoms with van der Waals surface area (Å²) in [4.78, 5) is 10.8. The molecule has 0 unspecified atom stereocenters. The van der Waals surface area contributed by atoms with Crippen LogP contribution in [0.1, 0.15) is 66.2 Å². The highest BCUT2D eigenvalue weighted by Gasteiger charge is 2.19. The van der Waals surface area contributed by atoms with Crippen LogP contribution >= 0.6 is 0 Å². The monoisotopic (exact) mass is 239 g/mol. The van der Waals surface area contributed by atoms with Crippen molar-refractivity contribution in [3.8, 4) is 0 Å². The molecule has 0 bridgehead atoms. The number of Topliss-reactive ketones (excluding diaryl/α,β-unsaturated/α-hetero) is 1. The van der Waals surface area contributed by atoms with Crippen LogP contribution in [-0.4, -0.2) is 11.8 Å². The van der Waals surface area contributed by atoms with Crippen molar-refractivity contribution in [3.05, 3.63) is 12.2 Å². The Morgan fingerprint density at radius 3 is 2.18 bits per heavy atom. The lowest BCUT2D eigenvalue weighted by molar-refractivity contribution is -0.117. The van der Waals surface area contributed by atoms with E-state index in [1.807, 2.05) is 0 Å². The predicted octanol–water partition coefficient (Wildman–Crippen LogP) is 3.85. The van der Waals surface area contributed by atoms with Gasteiger partial charge in [0.15, 0.2) is 0 Å². The number of carbonyl (C=O) groups excluding carboxylic acids is 1. The molecule has 0 aromatic heterocycles. The van der Waals surface area contributed by atoms with Gasteiger partial charge in [0.2, 0.25) is 0 Å². The molecule has 2 N–H and O–H groups in total. The zero-order valence-corrected chi connectivity index (χ0v) is 12.0. The van der Waals surface area contributed by atoms with Crippen LogP contribution in [0.3, 0.4) is 0 Å². The molecule has 0 aromatic carbocycles. The minimum absolute atomic E-state index is 0.176. The van der Waals surface area contributed by atoms with E-state index in [1.54, 1.807) is 6.92 Å². The van der Waals surface area contributed by atoms with Crippen LogP contribution < -0.4 is 5.73 Å². The highest BCUT2D eigenvalue weighted by molar-refractivity contribution is 5.75. The highest BCUT2D eigenvalue weighted by atomic mass is 16.1. The third kappa shape index (κ3) is 9.11. The number of ketones is 1. The molecule has 2 heteroatoms. The minimum atomic E-state index is 0.176. The van der Waals surface area contributed by atoms with Crippen LogP contribution in [0.2, 0.25) is 0 Å². The first-order chi connectivity index (χ1) is 7.73. The molecule has 0 fully saturated rings. The number of hydrogen-bond donors (Lipinski definition) is 1. The summed E-state index contributed by atoms with van der Waals surface area (Å²) in [6, 6.07) is 0.233. The molecule has 0 saturated carbocycles. The van der Waals surface area contributed by atoms with Crippen LogP contribution in [0, 0.1) is 5.41 Å². The molecule has 0 spiro atoms. The maximum atomic E-state index is 10.8. The van der Waals surface area contributed by atoms with Gasteiger partial charge in [-0.3, -0.25) is 0 Å². The van der Waals surface area contributed by atoms with Crippen LogP contribution in [0.4, 0.5) is 0 Å². The fourth-order valence-electron chi connectivity index (χ4n) is 1.67. The molecule has 2 nitrogen and oxygen atoms in total. The van der Waals surface area contributed by atoms with Crippen molar-refractivity contribution in [1.29, 1.82) is 0 Å². The molecule has 17 heavy (non-hydrogen) atoms. The summed E-state index contributed by atoms with van der Waals surface area (Å²) in [5, 5.41) is 0. The largest absolute Gasteiger partial charge is 0.327 e. The summed E-state index contributed by atoms with van der Waals surface area (Å²) in [5.41, 5.74) is 7.55. The Hall–Kier alpha value is -0.630. The van der Waals surface area contributed by atoms with Gasteiger partial charge in [-0.25, -0.2) is 0 Å². The van der Waals surface area contributed by atoms with Gasteiger partial charge in [0, 0.05) is 12.5 Å². The average Bonchev–Trinajstić information content (AvgIpc) is 2.19. The van der Waals surface area contributed by atoms with Gasteiger partial charge in [-0.2, -0.15) is 0 Å². The number of carbonyl (C=O) groups is 1. The van der Waals surface area contributed by atoms with Crippen molar-refractivity contribution < 1.29 is 4.79 Å². The molecule has 0 aromatic rings. The van der Waals surface area contributed by atoms with Crippen molar-refractivity contribution >= 4 is 5.78 Å². The standard InChI is InChI=1S/C15H29NO/c1-12(8-6-7-9-13(2)17)10-11-14(16)15(3,4)5/h14H,1,6-11,16H2,2-5H3/t14-/m1/s1. The minimum Gasteiger partial charge on any atom is -0.327 e. The second-order valence-electron chi connectivity index (χ2n) is 6.17. The zero-order chi connectivity index (χ0) is 13.5. The quantitative estimate of drug-likeness (QED) is 0.516. The first-order valence-electron chi connectivity index (χ1n) is 6.65. The Morgan fingerprint density at radius 1 is 1.18 bits per heavy atom. The van der Waals surface area contributed by atoms with Crippen LogP contribution in [0.5, 0.6) is 0 Å². The lowest BCUT2D eigenvalue weighted by atomic mass is 9.84. The first kappa shape index (κ1) is 16.4. The van der Waals surface area contributed by atoms with Crippen molar-refractivity contribution in [2.75, 3.05) is 0 Å². The highest BCUT2D eigenvalue weighted by Crippen LogP contribution is 2.23. The third-order valence-corrected chi connectivity index (χ3v) is 3.23. The molecule has 0 rings (SSSR count). The van der Waals surface area contributed by atoms with Crippen molar-refractivity contribution in [1.82, 2.24) is 0 Å². The van der Waals surface area contributed by atoms with Gasteiger partial charge in [0.1, 0.15) is 5.78 Å². The van der Waals surface area contributed by atoms with Crippen molar-refractivity contribution in [2.24, 2.45) is 11.1 Å². The first-order valence-corrected chi connectivity index (χ1v) is 6.65. The second-order valence-corrected chi connectivity index (χ2v) is 6.17. The van der Waals surface area contributed by atoms with Crippen LogP contribution in [0.15, 0.2) is 12.2 Å². The number of unbranched alkanes of at least 4 members (excludes halogenated alkanes) is 1. The maximum Gasteiger partial charge on any atom is 0.129 e. The second kappa shape index (κ2) is 7.65. The number of allylic oxidation sites excluding steroid dienone is 1. The third-order valence-electron chi connectivity index (χ3n) is 3.23. The number of hydrogen-bond acceptors (Lipinski definition) is 2. The molecule has 0 amide bonds. The SMILES string of the molecule is C=C(CCCCC(C)=O)CC[C@@H](N)C(C)(C)C. The summed E-state index contributed by atoms with van der Waals surface area (Å²) in [6.45, 7) is 12.3. The van der Waals surface area contributed by atoms with Crippen LogP contribution in [0.25, 0.3) is 0 Å². The predicted molar refractivity (Wildman–Crippen MR) is 75.0 cm³/mol. The summed E-state index contributed by atoms with van der Waals surface area (Å²) in [5.74, 6) is 0.283. The van der Waals surface area contributed by atoms with E-state index in [0.717, 1.165) is 32.1 Å². The molecule has 0 heterocycles. The van der Waals surface area contributed by atoms with E-state index >= 15 is 0 Å². The molecule has 0 aliphatic carbocycles. The molecular weight excluding hydrogens is 210 g/mol. The Balaban J connectivity index is 3.63. The summed E-state index contributed by atoms with van der Waals surface area (Å²) >= 11 is 0. The smallest absolute Gasteiger partial charge is 0.129 e. The Kier molecular flexibility index (Phi) is 7.37. The van der Waals surface area contributed by atoms with E-state index < -0.39 is 0 Å². The Labute approximate surface area is 107 Å². The fourth-order valence-corrected chi connectivity index (χ4v) is 1.67. The van der Waals surface area contributed by atoms with Crippen LogP contribution in [-0.2, 0) is 4.79 Å². The Morgan fingerprint density at radius 2 is 1.71 bits per heavy atom. The summed E-state index contributed by atoms with van der Waals surface area (Å²) in [6.07, 6.45) is 5.81. The lowest BCUT2D eigenvalue weighted by Crippen LogP contribution is -2.34. The van der Waals surface area contributed by atoms with E-state index in [1.165, 1.54) is 5.57 Å². The molecule has 0 aliphatic rings. The van der Waals surface area contributed by atoms with Gasteiger partial charge in [0.25, 0.3) is 0 Å². The number of rotatable bonds is 8. The van der Waals surface area contributed by atoms with E-state index in [4.69, 9.17) is 5.73 Å². The molecule has 1 atom stereocenters. The van der Waals surface area contributed by atoms with Crippen molar-refractivity contribution in [3.63, 3.8) is 0 Å². The average molecular weight is 239 g/mol. The summed E-state index contributed by atoms with van der Waals surface area (Å²) in [7, 11) is 0. The Bertz CT molecular complexity index is 250. The fraction of sp³-hybridized carbons (Fsp3) is 0.800. The maximum absolute atomic E-state index is 10.8. The van der Waals surface area contributed by atoms with E-state index in [9.17, 15) is 4.79 Å². The number of nitrogens with two attached hydrogens (primary N) is 1. The normalized spacial score (nSPS) is 13.5. The van der Waals surface area contributed by atoms with E-state index in [-0.39, 0.29) is 17.2 Å². The lowest BCUT2D eigenvalue weighted by Gasteiger charge is -2.27.